The molecule has 2 amide bonds. The minimum atomic E-state index is -0.365. The summed E-state index contributed by atoms with van der Waals surface area (Å²) in [5, 5.41) is 5.67. The van der Waals surface area contributed by atoms with E-state index in [1.807, 2.05) is 30.3 Å². The fourth-order valence-corrected chi connectivity index (χ4v) is 2.73. The van der Waals surface area contributed by atoms with Crippen molar-refractivity contribution in [1.29, 1.82) is 0 Å². The van der Waals surface area contributed by atoms with E-state index >= 15 is 0 Å². The Morgan fingerprint density at radius 2 is 1.77 bits per heavy atom. The molecule has 0 radical (unpaired) electrons. The van der Waals surface area contributed by atoms with Gasteiger partial charge in [-0.3, -0.25) is 9.59 Å². The molecule has 22 heavy (non-hydrogen) atoms. The number of rotatable bonds is 5. The monoisotopic (exact) mass is 428 g/mol. The molecule has 2 aromatic carbocycles. The second-order valence-corrected chi connectivity index (χ2v) is 6.22. The first-order valence-corrected chi connectivity index (χ1v) is 8.06. The summed E-state index contributed by atoms with van der Waals surface area (Å²) in [5.74, 6) is -0.616. The predicted octanol–water partition coefficient (Wildman–Crippen LogP) is 2.99. The molecule has 0 unspecified atom stereocenters. The van der Waals surface area contributed by atoms with Crippen LogP contribution in [0.25, 0.3) is 0 Å². The van der Waals surface area contributed by atoms with Gasteiger partial charge in [-0.05, 0) is 46.4 Å². The molecular formula is C16H14ClIN2O2. The third-order valence-electron chi connectivity index (χ3n) is 2.92. The average molecular weight is 429 g/mol. The van der Waals surface area contributed by atoms with Gasteiger partial charge in [-0.15, -0.1) is 0 Å². The first-order chi connectivity index (χ1) is 10.6. The van der Waals surface area contributed by atoms with Crippen LogP contribution in [0, 0.1) is 3.57 Å². The van der Waals surface area contributed by atoms with Crippen molar-refractivity contribution in [1.82, 2.24) is 10.6 Å². The quantitative estimate of drug-likeness (QED) is 0.720. The highest BCUT2D eigenvalue weighted by Crippen LogP contribution is 2.18. The van der Waals surface area contributed by atoms with Crippen LogP contribution in [0.15, 0.2) is 48.5 Å². The molecule has 0 saturated heterocycles. The van der Waals surface area contributed by atoms with Crippen LogP contribution in [0.5, 0.6) is 0 Å². The van der Waals surface area contributed by atoms with Gasteiger partial charge in [-0.2, -0.15) is 0 Å². The van der Waals surface area contributed by atoms with Crippen LogP contribution in [0.3, 0.4) is 0 Å². The Hall–Kier alpha value is -1.60. The lowest BCUT2D eigenvalue weighted by Crippen LogP contribution is -2.36. The Bertz CT molecular complexity index is 677. The number of hydrogen-bond donors (Lipinski definition) is 2. The Morgan fingerprint density at radius 3 is 2.45 bits per heavy atom. The van der Waals surface area contributed by atoms with Crippen molar-refractivity contribution in [3.8, 4) is 0 Å². The topological polar surface area (TPSA) is 58.2 Å². The fraction of sp³-hybridized carbons (Fsp3) is 0.125. The van der Waals surface area contributed by atoms with Gasteiger partial charge in [-0.25, -0.2) is 0 Å². The maximum atomic E-state index is 12.0. The van der Waals surface area contributed by atoms with Gasteiger partial charge >= 0.3 is 0 Å². The van der Waals surface area contributed by atoms with Gasteiger partial charge in [0.2, 0.25) is 5.91 Å². The van der Waals surface area contributed by atoms with E-state index in [0.29, 0.717) is 17.1 Å². The maximum Gasteiger partial charge on any atom is 0.253 e. The SMILES string of the molecule is O=C(CNC(=O)c1ccc(I)cc1Cl)NCc1ccccc1. The Morgan fingerprint density at radius 1 is 1.05 bits per heavy atom. The molecule has 0 aliphatic carbocycles. The van der Waals surface area contributed by atoms with E-state index in [1.54, 1.807) is 18.2 Å². The van der Waals surface area contributed by atoms with Crippen LogP contribution in [0.4, 0.5) is 0 Å². The molecule has 0 saturated carbocycles. The summed E-state index contributed by atoms with van der Waals surface area (Å²) >= 11 is 8.13. The lowest BCUT2D eigenvalue weighted by molar-refractivity contribution is -0.120. The summed E-state index contributed by atoms with van der Waals surface area (Å²) in [7, 11) is 0. The molecular weight excluding hydrogens is 415 g/mol. The minimum Gasteiger partial charge on any atom is -0.350 e. The number of nitrogens with one attached hydrogen (secondary N) is 2. The average Bonchev–Trinajstić information content (AvgIpc) is 2.51. The molecule has 4 nitrogen and oxygen atoms in total. The number of hydrogen-bond acceptors (Lipinski definition) is 2. The summed E-state index contributed by atoms with van der Waals surface area (Å²) in [6.45, 7) is 0.341. The van der Waals surface area contributed by atoms with Crippen molar-refractivity contribution < 1.29 is 9.59 Å². The van der Waals surface area contributed by atoms with Crippen LogP contribution in [-0.2, 0) is 11.3 Å². The van der Waals surface area contributed by atoms with E-state index in [1.165, 1.54) is 0 Å². The molecule has 0 fully saturated rings. The molecule has 0 aliphatic rings. The van der Waals surface area contributed by atoms with Crippen molar-refractivity contribution in [2.24, 2.45) is 0 Å². The molecule has 0 spiro atoms. The molecule has 0 heterocycles. The third kappa shape index (κ3) is 4.99. The number of carbonyl (C=O) groups excluding carboxylic acids is 2. The van der Waals surface area contributed by atoms with Gasteiger partial charge in [0, 0.05) is 10.1 Å². The number of halogens is 2. The summed E-state index contributed by atoms with van der Waals surface area (Å²) in [5.41, 5.74) is 1.36. The van der Waals surface area contributed by atoms with Crippen molar-refractivity contribution in [2.45, 2.75) is 6.54 Å². The maximum absolute atomic E-state index is 12.0. The van der Waals surface area contributed by atoms with E-state index in [9.17, 15) is 9.59 Å². The van der Waals surface area contributed by atoms with E-state index in [-0.39, 0.29) is 18.4 Å². The molecule has 114 valence electrons. The van der Waals surface area contributed by atoms with E-state index < -0.39 is 0 Å². The molecule has 2 N–H and O–H groups in total. The Kier molecular flexibility index (Phi) is 6.21. The smallest absolute Gasteiger partial charge is 0.253 e. The second kappa shape index (κ2) is 8.14. The third-order valence-corrected chi connectivity index (χ3v) is 3.90. The predicted molar refractivity (Wildman–Crippen MR) is 94.8 cm³/mol. The molecule has 2 rings (SSSR count). The number of benzene rings is 2. The van der Waals surface area contributed by atoms with Crippen LogP contribution in [0.1, 0.15) is 15.9 Å². The number of amides is 2. The van der Waals surface area contributed by atoms with Crippen molar-refractivity contribution >= 4 is 46.0 Å². The lowest BCUT2D eigenvalue weighted by atomic mass is 10.2. The van der Waals surface area contributed by atoms with E-state index in [4.69, 9.17) is 11.6 Å². The standard InChI is InChI=1S/C16H14ClIN2O2/c17-14-8-12(18)6-7-13(14)16(22)20-10-15(21)19-9-11-4-2-1-3-5-11/h1-8H,9-10H2,(H,19,21)(H,20,22). The fourth-order valence-electron chi connectivity index (χ4n) is 1.79. The zero-order valence-electron chi connectivity index (χ0n) is 11.6. The van der Waals surface area contributed by atoms with Crippen LogP contribution in [-0.4, -0.2) is 18.4 Å². The first kappa shape index (κ1) is 16.8. The summed E-state index contributed by atoms with van der Waals surface area (Å²) in [6.07, 6.45) is 0. The minimum absolute atomic E-state index is 0.0893. The molecule has 6 heteroatoms. The zero-order chi connectivity index (χ0) is 15.9. The number of carbonyl (C=O) groups is 2. The van der Waals surface area contributed by atoms with Crippen LogP contribution >= 0.6 is 34.2 Å². The second-order valence-electron chi connectivity index (χ2n) is 4.57. The largest absolute Gasteiger partial charge is 0.350 e. The van der Waals surface area contributed by atoms with Crippen LogP contribution < -0.4 is 10.6 Å². The van der Waals surface area contributed by atoms with Gasteiger partial charge in [0.05, 0.1) is 17.1 Å². The van der Waals surface area contributed by atoms with Crippen molar-refractivity contribution in [3.63, 3.8) is 0 Å². The Labute approximate surface area is 147 Å². The summed E-state index contributed by atoms with van der Waals surface area (Å²) in [4.78, 5) is 23.7. The van der Waals surface area contributed by atoms with Gasteiger partial charge < -0.3 is 10.6 Å². The highest BCUT2D eigenvalue weighted by molar-refractivity contribution is 14.1. The molecule has 0 bridgehead atoms. The lowest BCUT2D eigenvalue weighted by Gasteiger charge is -2.08. The van der Waals surface area contributed by atoms with Crippen molar-refractivity contribution in [2.75, 3.05) is 6.54 Å². The van der Waals surface area contributed by atoms with Crippen molar-refractivity contribution in [3.05, 3.63) is 68.3 Å². The highest BCUT2D eigenvalue weighted by atomic mass is 127. The van der Waals surface area contributed by atoms with Gasteiger partial charge in [0.1, 0.15) is 0 Å². The highest BCUT2D eigenvalue weighted by Gasteiger charge is 2.11. The summed E-state index contributed by atoms with van der Waals surface area (Å²) < 4.78 is 0.944. The molecule has 0 aromatic heterocycles. The molecule has 2 aromatic rings. The van der Waals surface area contributed by atoms with E-state index in [0.717, 1.165) is 9.13 Å². The zero-order valence-corrected chi connectivity index (χ0v) is 14.5. The Balaban J connectivity index is 1.82. The van der Waals surface area contributed by atoms with E-state index in [2.05, 4.69) is 33.2 Å². The molecule has 0 aliphatic heterocycles. The van der Waals surface area contributed by atoms with Gasteiger partial charge in [0.25, 0.3) is 5.91 Å². The first-order valence-electron chi connectivity index (χ1n) is 6.60. The normalized spacial score (nSPS) is 10.1. The molecule has 0 atom stereocenters. The van der Waals surface area contributed by atoms with Crippen LogP contribution in [0.2, 0.25) is 5.02 Å². The van der Waals surface area contributed by atoms with Gasteiger partial charge in [-0.1, -0.05) is 41.9 Å². The van der Waals surface area contributed by atoms with Gasteiger partial charge in [0.15, 0.2) is 0 Å². The summed E-state index contributed by atoms with van der Waals surface area (Å²) in [6, 6.07) is 14.7.